The van der Waals surface area contributed by atoms with Crippen LogP contribution in [0.1, 0.15) is 48.9 Å². The van der Waals surface area contributed by atoms with Crippen molar-refractivity contribution in [3.05, 3.63) is 97.4 Å². The highest BCUT2D eigenvalue weighted by molar-refractivity contribution is 6.35. The fourth-order valence-electron chi connectivity index (χ4n) is 5.00. The number of rotatable bonds is 6. The van der Waals surface area contributed by atoms with Crippen molar-refractivity contribution < 1.29 is 0 Å². The van der Waals surface area contributed by atoms with Crippen molar-refractivity contribution >= 4 is 34.8 Å². The number of hydrogen-bond donors (Lipinski definition) is 0. The van der Waals surface area contributed by atoms with E-state index in [1.807, 2.05) is 49.4 Å². The molecule has 7 heteroatoms. The predicted octanol–water partition coefficient (Wildman–Crippen LogP) is 6.71. The lowest BCUT2D eigenvalue weighted by Gasteiger charge is -2.38. The maximum Gasteiger partial charge on any atom is 0.259 e. The van der Waals surface area contributed by atoms with Crippen LogP contribution in [0.2, 0.25) is 10.0 Å². The molecule has 182 valence electrons. The lowest BCUT2D eigenvalue weighted by atomic mass is 9.97. The average molecular weight is 509 g/mol. The van der Waals surface area contributed by atoms with Crippen molar-refractivity contribution in [1.29, 1.82) is 0 Å². The molecule has 5 nitrogen and oxygen atoms in total. The first-order chi connectivity index (χ1) is 17.0. The normalized spacial score (nSPS) is 16.2. The van der Waals surface area contributed by atoms with Gasteiger partial charge in [-0.25, -0.2) is 4.98 Å². The van der Waals surface area contributed by atoms with E-state index in [-0.39, 0.29) is 5.56 Å². The van der Waals surface area contributed by atoms with E-state index in [0.29, 0.717) is 35.8 Å². The predicted molar refractivity (Wildman–Crippen MR) is 144 cm³/mol. The van der Waals surface area contributed by atoms with Crippen molar-refractivity contribution in [2.45, 2.75) is 52.1 Å². The minimum Gasteiger partial charge on any atom is -0.298 e. The number of allylic oxidation sites excluding steroid dienone is 1. The molecule has 0 amide bonds. The minimum absolute atomic E-state index is 0.0102. The largest absolute Gasteiger partial charge is 0.298 e. The number of fused-ring (bicyclic) bond motifs is 1. The maximum atomic E-state index is 13.8. The first-order valence-electron chi connectivity index (χ1n) is 12.3. The Labute approximate surface area is 216 Å². The van der Waals surface area contributed by atoms with Gasteiger partial charge in [0.05, 0.1) is 19.0 Å². The molecule has 0 radical (unpaired) electrons. The van der Waals surface area contributed by atoms with Gasteiger partial charge in [-0.05, 0) is 62.8 Å². The van der Waals surface area contributed by atoms with Crippen molar-refractivity contribution in [2.24, 2.45) is 0 Å². The van der Waals surface area contributed by atoms with Gasteiger partial charge in [-0.15, -0.1) is 0 Å². The Morgan fingerprint density at radius 3 is 2.49 bits per heavy atom. The molecule has 0 bridgehead atoms. The van der Waals surface area contributed by atoms with Gasteiger partial charge in [0.2, 0.25) is 5.95 Å². The van der Waals surface area contributed by atoms with Crippen LogP contribution in [0.5, 0.6) is 0 Å². The van der Waals surface area contributed by atoms with Crippen LogP contribution in [0, 0.1) is 6.92 Å². The summed E-state index contributed by atoms with van der Waals surface area (Å²) in [5.41, 5.74) is 4.96. The van der Waals surface area contributed by atoms with Gasteiger partial charge in [-0.1, -0.05) is 65.2 Å². The third kappa shape index (κ3) is 5.48. The number of aryl methyl sites for hydroxylation is 1. The van der Waals surface area contributed by atoms with E-state index in [1.165, 1.54) is 31.3 Å². The van der Waals surface area contributed by atoms with Crippen LogP contribution >= 0.6 is 23.2 Å². The summed E-state index contributed by atoms with van der Waals surface area (Å²) in [6, 6.07) is 15.6. The summed E-state index contributed by atoms with van der Waals surface area (Å²) in [6.07, 6.45) is 8.89. The summed E-state index contributed by atoms with van der Waals surface area (Å²) in [4.78, 5) is 23.1. The molecule has 2 aromatic carbocycles. The monoisotopic (exact) mass is 508 g/mol. The lowest BCUT2D eigenvalue weighted by molar-refractivity contribution is 0.199. The Morgan fingerprint density at radius 1 is 1.00 bits per heavy atom. The van der Waals surface area contributed by atoms with E-state index in [2.05, 4.69) is 15.9 Å². The van der Waals surface area contributed by atoms with Crippen LogP contribution in [0.25, 0.3) is 0 Å². The molecule has 0 saturated heterocycles. The maximum absolute atomic E-state index is 13.8. The van der Waals surface area contributed by atoms with Crippen molar-refractivity contribution in [2.75, 3.05) is 18.1 Å². The van der Waals surface area contributed by atoms with Gasteiger partial charge < -0.3 is 0 Å². The second-order valence-corrected chi connectivity index (χ2v) is 10.3. The highest BCUT2D eigenvalue weighted by Gasteiger charge is 2.28. The Bertz CT molecular complexity index is 1280. The number of hydrogen-bond acceptors (Lipinski definition) is 4. The Balaban J connectivity index is 1.52. The molecule has 35 heavy (non-hydrogen) atoms. The summed E-state index contributed by atoms with van der Waals surface area (Å²) in [5.74, 6) is 0.635. The molecule has 2 aliphatic rings. The van der Waals surface area contributed by atoms with E-state index in [9.17, 15) is 4.79 Å². The van der Waals surface area contributed by atoms with Crippen LogP contribution in [0.4, 0.5) is 11.6 Å². The Hall–Kier alpha value is -2.60. The zero-order valence-electron chi connectivity index (χ0n) is 20.0. The summed E-state index contributed by atoms with van der Waals surface area (Å²) < 4.78 is 1.80. The third-order valence-electron chi connectivity index (χ3n) is 6.89. The van der Waals surface area contributed by atoms with Gasteiger partial charge >= 0.3 is 0 Å². The Morgan fingerprint density at radius 2 is 1.77 bits per heavy atom. The van der Waals surface area contributed by atoms with Gasteiger partial charge in [0.25, 0.3) is 5.56 Å². The number of nitrogens with zero attached hydrogens (tertiary/aromatic N) is 4. The molecule has 0 N–H and O–H groups in total. The van der Waals surface area contributed by atoms with E-state index < -0.39 is 0 Å². The SMILES string of the molecule is Cc1nc2n(c(=O)c1Cc1ccccc1)CN(CCC1=CCCCC1)CN2c1cc(Cl)cc(Cl)c1. The van der Waals surface area contributed by atoms with Crippen LogP contribution in [0.15, 0.2) is 65.0 Å². The van der Waals surface area contributed by atoms with E-state index in [1.54, 1.807) is 10.6 Å². The highest BCUT2D eigenvalue weighted by atomic mass is 35.5. The van der Waals surface area contributed by atoms with Gasteiger partial charge in [-0.3, -0.25) is 19.2 Å². The van der Waals surface area contributed by atoms with Gasteiger partial charge in [0.1, 0.15) is 0 Å². The molecule has 1 aliphatic heterocycles. The number of halogens is 2. The summed E-state index contributed by atoms with van der Waals surface area (Å²) in [5, 5.41) is 1.12. The molecular weight excluding hydrogens is 479 g/mol. The number of anilines is 2. The summed E-state index contributed by atoms with van der Waals surface area (Å²) >= 11 is 12.7. The molecule has 0 fully saturated rings. The van der Waals surface area contributed by atoms with Crippen molar-refractivity contribution in [1.82, 2.24) is 14.5 Å². The number of aromatic nitrogens is 2. The Kier molecular flexibility index (Phi) is 7.28. The lowest BCUT2D eigenvalue weighted by Crippen LogP contribution is -2.48. The van der Waals surface area contributed by atoms with Crippen molar-refractivity contribution in [3.8, 4) is 0 Å². The highest BCUT2D eigenvalue weighted by Crippen LogP contribution is 2.32. The third-order valence-corrected chi connectivity index (χ3v) is 7.33. The molecule has 3 aromatic rings. The van der Waals surface area contributed by atoms with Gasteiger partial charge in [0, 0.05) is 34.3 Å². The quantitative estimate of drug-likeness (QED) is 0.347. The fraction of sp³-hybridized carbons (Fsp3) is 0.357. The minimum atomic E-state index is 0.0102. The molecule has 1 aromatic heterocycles. The second-order valence-electron chi connectivity index (χ2n) is 9.46. The van der Waals surface area contributed by atoms with Crippen molar-refractivity contribution in [3.63, 3.8) is 0 Å². The molecule has 0 unspecified atom stereocenters. The number of benzene rings is 2. The smallest absolute Gasteiger partial charge is 0.259 e. The average Bonchev–Trinajstić information content (AvgIpc) is 2.86. The second kappa shape index (κ2) is 10.6. The fourth-order valence-corrected chi connectivity index (χ4v) is 5.51. The van der Waals surface area contributed by atoms with Crippen LogP contribution in [-0.2, 0) is 13.1 Å². The topological polar surface area (TPSA) is 41.4 Å². The van der Waals surface area contributed by atoms with Crippen LogP contribution in [-0.4, -0.2) is 27.7 Å². The van der Waals surface area contributed by atoms with Gasteiger partial charge in [0.15, 0.2) is 0 Å². The molecule has 0 saturated carbocycles. The summed E-state index contributed by atoms with van der Waals surface area (Å²) in [7, 11) is 0. The zero-order valence-corrected chi connectivity index (χ0v) is 21.5. The van der Waals surface area contributed by atoms with E-state index in [0.717, 1.165) is 35.5 Å². The van der Waals surface area contributed by atoms with Gasteiger partial charge in [-0.2, -0.15) is 0 Å². The van der Waals surface area contributed by atoms with E-state index >= 15 is 0 Å². The molecular formula is C28H30Cl2N4O. The molecule has 2 heterocycles. The first kappa shape index (κ1) is 24.1. The molecule has 0 atom stereocenters. The van der Waals surface area contributed by atoms with Crippen LogP contribution in [0.3, 0.4) is 0 Å². The zero-order chi connectivity index (χ0) is 24.4. The molecule has 0 spiro atoms. The molecule has 1 aliphatic carbocycles. The van der Waals surface area contributed by atoms with E-state index in [4.69, 9.17) is 28.2 Å². The van der Waals surface area contributed by atoms with Crippen LogP contribution < -0.4 is 10.5 Å². The standard InChI is InChI=1S/C28H30Cl2N4O/c1-20-26(14-22-10-6-3-7-11-22)27(35)34-19-32(13-12-21-8-4-2-5-9-21)18-33(28(34)31-20)25-16-23(29)15-24(30)17-25/h3,6-8,10-11,15-17H,2,4-5,9,12-14,18-19H2,1H3. The first-order valence-corrected chi connectivity index (χ1v) is 13.0. The summed E-state index contributed by atoms with van der Waals surface area (Å²) in [6.45, 7) is 3.94. The molecule has 5 rings (SSSR count).